The fourth-order valence-corrected chi connectivity index (χ4v) is 1.98. The van der Waals surface area contributed by atoms with E-state index >= 15 is 0 Å². The predicted molar refractivity (Wildman–Crippen MR) is 81.4 cm³/mol. The van der Waals surface area contributed by atoms with Crippen LogP contribution >= 0.6 is 0 Å². The molecule has 0 bridgehead atoms. The fourth-order valence-electron chi connectivity index (χ4n) is 1.98. The average molecular weight is 368 g/mol. The minimum atomic E-state index is -2.08. The van der Waals surface area contributed by atoms with Crippen LogP contribution in [0.5, 0.6) is 5.75 Å². The van der Waals surface area contributed by atoms with Crippen molar-refractivity contribution in [1.29, 1.82) is 0 Å². The number of aryl methyl sites for hydroxylation is 1. The molecule has 0 amide bonds. The number of hydrogen-bond acceptors (Lipinski definition) is 3. The van der Waals surface area contributed by atoms with Gasteiger partial charge in [0.15, 0.2) is 0 Å². The van der Waals surface area contributed by atoms with Gasteiger partial charge < -0.3 is 20.1 Å². The molecule has 1 N–H and O–H groups in total. The van der Waals surface area contributed by atoms with Crippen LogP contribution in [0.4, 0.5) is 4.79 Å². The van der Waals surface area contributed by atoms with E-state index in [1.807, 2.05) is 18.2 Å². The van der Waals surface area contributed by atoms with Gasteiger partial charge in [-0.05, 0) is 12.8 Å². The van der Waals surface area contributed by atoms with E-state index in [9.17, 15) is 5.11 Å². The van der Waals surface area contributed by atoms with Gasteiger partial charge >= 0.3 is 45.5 Å². The van der Waals surface area contributed by atoms with E-state index in [-0.39, 0.29) is 51.2 Å². The van der Waals surface area contributed by atoms with Gasteiger partial charge in [-0.2, -0.15) is 0 Å². The van der Waals surface area contributed by atoms with Crippen molar-refractivity contribution in [2.24, 2.45) is 0 Å². The summed E-state index contributed by atoms with van der Waals surface area (Å²) >= 11 is 0. The van der Waals surface area contributed by atoms with Crippen LogP contribution in [0.1, 0.15) is 57.4 Å². The van der Waals surface area contributed by atoms with E-state index in [1.165, 1.54) is 38.5 Å². The Labute approximate surface area is 164 Å². The van der Waals surface area contributed by atoms with Gasteiger partial charge in [-0.15, -0.1) is 5.75 Å². The largest absolute Gasteiger partial charge is 2.00 e. The zero-order chi connectivity index (χ0) is 15.2. The number of unbranched alkanes of at least 4 members (excludes halogenated alkanes) is 6. The van der Waals surface area contributed by atoms with Gasteiger partial charge in [0.25, 0.3) is 0 Å². The van der Waals surface area contributed by atoms with Crippen molar-refractivity contribution in [3.05, 3.63) is 29.8 Å². The molecular weight excluding hydrogens is 344 g/mol. The third-order valence-electron chi connectivity index (χ3n) is 3.02. The van der Waals surface area contributed by atoms with E-state index in [2.05, 4.69) is 6.92 Å². The Hall–Kier alpha value is -0.229. The molecule has 114 valence electrons. The summed E-state index contributed by atoms with van der Waals surface area (Å²) in [5.74, 6) is 0.202. The third-order valence-corrected chi connectivity index (χ3v) is 3.02. The van der Waals surface area contributed by atoms with Crippen molar-refractivity contribution in [2.45, 2.75) is 58.3 Å². The van der Waals surface area contributed by atoms with E-state index in [0.717, 1.165) is 18.4 Å². The second kappa shape index (κ2) is 16.1. The summed E-state index contributed by atoms with van der Waals surface area (Å²) in [6.07, 6.45) is 8.01. The minimum Gasteiger partial charge on any atom is -0.872 e. The first-order valence-corrected chi connectivity index (χ1v) is 7.22. The maximum Gasteiger partial charge on any atom is 2.00 e. The molecule has 0 spiro atoms. The van der Waals surface area contributed by atoms with Crippen LogP contribution in [-0.4, -0.2) is 56.7 Å². The van der Waals surface area contributed by atoms with Crippen molar-refractivity contribution in [3.63, 3.8) is 0 Å². The molecular formula is C16H24O4Sr. The molecule has 0 aliphatic carbocycles. The normalized spacial score (nSPS) is 9.19. The van der Waals surface area contributed by atoms with Crippen molar-refractivity contribution in [2.75, 3.05) is 0 Å². The molecule has 5 heteroatoms. The Balaban J connectivity index is 0. The Bertz CT molecular complexity index is 365. The SMILES string of the molecule is CCCCCCCCCc1ccccc1[O-].O=C([O-])O.[Sr+2]. The fraction of sp³-hybridized carbons (Fsp3) is 0.562. The van der Waals surface area contributed by atoms with Gasteiger partial charge in [0.1, 0.15) is 0 Å². The smallest absolute Gasteiger partial charge is 0.872 e. The molecule has 0 atom stereocenters. The molecule has 0 aliphatic heterocycles. The van der Waals surface area contributed by atoms with E-state index < -0.39 is 6.16 Å². The number of benzene rings is 1. The van der Waals surface area contributed by atoms with Crippen molar-refractivity contribution < 1.29 is 20.1 Å². The quantitative estimate of drug-likeness (QED) is 0.565. The second-order valence-corrected chi connectivity index (χ2v) is 4.74. The zero-order valence-electron chi connectivity index (χ0n) is 12.8. The maximum atomic E-state index is 11.4. The maximum absolute atomic E-state index is 11.4. The summed E-state index contributed by atoms with van der Waals surface area (Å²) in [6.45, 7) is 2.24. The van der Waals surface area contributed by atoms with Crippen molar-refractivity contribution in [3.8, 4) is 5.75 Å². The molecule has 1 rings (SSSR count). The summed E-state index contributed by atoms with van der Waals surface area (Å²) < 4.78 is 0. The Morgan fingerprint density at radius 2 is 1.52 bits per heavy atom. The van der Waals surface area contributed by atoms with Crippen LogP contribution in [0.3, 0.4) is 0 Å². The van der Waals surface area contributed by atoms with Crippen LogP contribution in [-0.2, 0) is 6.42 Å². The molecule has 1 aromatic rings. The first kappa shape index (κ1) is 23.0. The van der Waals surface area contributed by atoms with Crippen LogP contribution in [0.15, 0.2) is 24.3 Å². The van der Waals surface area contributed by atoms with Crippen LogP contribution in [0.25, 0.3) is 0 Å². The average Bonchev–Trinajstić information content (AvgIpc) is 2.39. The van der Waals surface area contributed by atoms with Crippen LogP contribution in [0, 0.1) is 0 Å². The van der Waals surface area contributed by atoms with Gasteiger partial charge in [0.05, 0.1) is 0 Å². The van der Waals surface area contributed by atoms with Crippen LogP contribution < -0.4 is 10.2 Å². The topological polar surface area (TPSA) is 83.4 Å². The Morgan fingerprint density at radius 1 is 1.05 bits per heavy atom. The van der Waals surface area contributed by atoms with Crippen molar-refractivity contribution in [1.82, 2.24) is 0 Å². The Morgan fingerprint density at radius 3 is 2.05 bits per heavy atom. The molecule has 4 nitrogen and oxygen atoms in total. The molecule has 21 heavy (non-hydrogen) atoms. The predicted octanol–water partition coefficient (Wildman–Crippen LogP) is 2.56. The summed E-state index contributed by atoms with van der Waals surface area (Å²) in [5.41, 5.74) is 0.982. The Kier molecular flexibility index (Phi) is 17.7. The minimum absolute atomic E-state index is 0. The molecule has 0 heterocycles. The summed E-state index contributed by atoms with van der Waals surface area (Å²) in [4.78, 5) is 8.44. The number of carboxylic acid groups (broad SMARTS) is 2. The molecule has 0 aliphatic rings. The van der Waals surface area contributed by atoms with Gasteiger partial charge in [0.2, 0.25) is 6.16 Å². The summed E-state index contributed by atoms with van der Waals surface area (Å²) in [6, 6.07) is 7.39. The van der Waals surface area contributed by atoms with Gasteiger partial charge in [0, 0.05) is 0 Å². The van der Waals surface area contributed by atoms with Crippen LogP contribution in [0.2, 0.25) is 0 Å². The molecule has 0 saturated carbocycles. The summed E-state index contributed by atoms with van der Waals surface area (Å²) in [7, 11) is 0. The number of rotatable bonds is 8. The number of carbonyl (C=O) groups is 1. The molecule has 0 aromatic heterocycles. The molecule has 0 fully saturated rings. The first-order chi connectivity index (χ1) is 9.57. The van der Waals surface area contributed by atoms with E-state index in [1.54, 1.807) is 6.07 Å². The molecule has 0 unspecified atom stereocenters. The van der Waals surface area contributed by atoms with Gasteiger partial charge in [-0.1, -0.05) is 75.3 Å². The second-order valence-electron chi connectivity index (χ2n) is 4.74. The van der Waals surface area contributed by atoms with Gasteiger partial charge in [-0.3, -0.25) is 0 Å². The van der Waals surface area contributed by atoms with E-state index in [0.29, 0.717) is 0 Å². The zero-order valence-corrected chi connectivity index (χ0v) is 16.3. The molecule has 0 saturated heterocycles. The molecule has 1 aromatic carbocycles. The summed E-state index contributed by atoms with van der Waals surface area (Å²) in [5, 5.41) is 26.7. The standard InChI is InChI=1S/C15H24O.CH2O3.Sr/c1-2-3-4-5-6-7-8-11-14-12-9-10-13-15(14)16;2-1(3)4;/h9-10,12-13,16H,2-8,11H2,1H3;(H2,2,3,4);/q;;+2/p-2. The third kappa shape index (κ3) is 16.0. The monoisotopic (exact) mass is 368 g/mol. The first-order valence-electron chi connectivity index (χ1n) is 7.22. The van der Waals surface area contributed by atoms with Gasteiger partial charge in [-0.25, -0.2) is 0 Å². The molecule has 0 radical (unpaired) electrons. The number of para-hydroxylation sites is 1. The van der Waals surface area contributed by atoms with Crippen molar-refractivity contribution >= 4 is 51.6 Å². The number of hydrogen-bond donors (Lipinski definition) is 1. The van der Waals surface area contributed by atoms with E-state index in [4.69, 9.17) is 15.0 Å².